The number of amides is 1. The van der Waals surface area contributed by atoms with E-state index in [1.807, 2.05) is 18.2 Å². The van der Waals surface area contributed by atoms with Gasteiger partial charge in [-0.25, -0.2) is 0 Å². The Morgan fingerprint density at radius 1 is 1.28 bits per heavy atom. The first-order valence-corrected chi connectivity index (χ1v) is 5.94. The number of carbonyl (C=O) groups is 1. The summed E-state index contributed by atoms with van der Waals surface area (Å²) < 4.78 is 10.5. The lowest BCUT2D eigenvalue weighted by atomic mass is 10.1. The molecule has 1 fully saturated rings. The second-order valence-electron chi connectivity index (χ2n) is 4.19. The van der Waals surface area contributed by atoms with Crippen LogP contribution >= 0.6 is 0 Å². The number of methoxy groups -OCH3 is 2. The first kappa shape index (κ1) is 12.5. The first-order valence-electron chi connectivity index (χ1n) is 5.94. The number of rotatable bonds is 5. The van der Waals surface area contributed by atoms with Crippen LogP contribution in [0.2, 0.25) is 0 Å². The number of benzene rings is 1. The van der Waals surface area contributed by atoms with E-state index in [0.717, 1.165) is 18.4 Å². The largest absolute Gasteiger partial charge is 0.496 e. The average molecular weight is 247 g/mol. The van der Waals surface area contributed by atoms with Crippen molar-refractivity contribution in [2.24, 2.45) is 0 Å². The predicted molar refractivity (Wildman–Crippen MR) is 69.7 cm³/mol. The van der Waals surface area contributed by atoms with Crippen LogP contribution in [0.1, 0.15) is 18.4 Å². The summed E-state index contributed by atoms with van der Waals surface area (Å²) >= 11 is 0. The van der Waals surface area contributed by atoms with Crippen molar-refractivity contribution in [3.05, 3.63) is 29.8 Å². The van der Waals surface area contributed by atoms with Gasteiger partial charge < -0.3 is 14.8 Å². The van der Waals surface area contributed by atoms with E-state index in [1.165, 1.54) is 6.08 Å². The molecule has 0 spiro atoms. The molecule has 0 atom stereocenters. The monoisotopic (exact) mass is 247 g/mol. The highest BCUT2D eigenvalue weighted by molar-refractivity contribution is 5.93. The standard InChI is InChI=1S/C14H17NO3/c1-17-12-4-3-5-13(18-2)11(12)8-9-14(16)15-10-6-7-10/h3-5,8-10H,6-7H2,1-2H3,(H,15,16). The summed E-state index contributed by atoms with van der Waals surface area (Å²) in [6, 6.07) is 5.88. The molecule has 1 aliphatic rings. The summed E-state index contributed by atoms with van der Waals surface area (Å²) in [5.41, 5.74) is 0.772. The van der Waals surface area contributed by atoms with Crippen molar-refractivity contribution in [1.82, 2.24) is 5.32 Å². The van der Waals surface area contributed by atoms with E-state index in [0.29, 0.717) is 17.5 Å². The van der Waals surface area contributed by atoms with Crippen molar-refractivity contribution in [2.75, 3.05) is 14.2 Å². The highest BCUT2D eigenvalue weighted by Gasteiger charge is 2.22. The Balaban J connectivity index is 2.15. The molecule has 4 nitrogen and oxygen atoms in total. The number of hydrogen-bond donors (Lipinski definition) is 1. The minimum absolute atomic E-state index is 0.0783. The molecule has 2 rings (SSSR count). The van der Waals surface area contributed by atoms with E-state index in [1.54, 1.807) is 20.3 Å². The van der Waals surface area contributed by atoms with Gasteiger partial charge in [0.25, 0.3) is 0 Å². The third kappa shape index (κ3) is 3.03. The maximum Gasteiger partial charge on any atom is 0.244 e. The molecule has 1 amide bonds. The molecule has 0 aliphatic heterocycles. The normalized spacial score (nSPS) is 14.6. The highest BCUT2D eigenvalue weighted by Crippen LogP contribution is 2.29. The van der Waals surface area contributed by atoms with Gasteiger partial charge in [-0.05, 0) is 31.1 Å². The lowest BCUT2D eigenvalue weighted by molar-refractivity contribution is -0.116. The predicted octanol–water partition coefficient (Wildman–Crippen LogP) is 2.00. The molecule has 1 aromatic rings. The summed E-state index contributed by atoms with van der Waals surface area (Å²) in [6.45, 7) is 0. The summed E-state index contributed by atoms with van der Waals surface area (Å²) in [5, 5.41) is 2.89. The topological polar surface area (TPSA) is 47.6 Å². The summed E-state index contributed by atoms with van der Waals surface area (Å²) in [6.07, 6.45) is 5.39. The molecule has 96 valence electrons. The minimum Gasteiger partial charge on any atom is -0.496 e. The Morgan fingerprint density at radius 2 is 1.89 bits per heavy atom. The summed E-state index contributed by atoms with van der Waals surface area (Å²) in [5.74, 6) is 1.29. The van der Waals surface area contributed by atoms with Gasteiger partial charge in [0, 0.05) is 12.1 Å². The third-order valence-electron chi connectivity index (χ3n) is 2.79. The first-order chi connectivity index (χ1) is 8.74. The fourth-order valence-corrected chi connectivity index (χ4v) is 1.68. The Labute approximate surface area is 107 Å². The van der Waals surface area contributed by atoms with Crippen LogP contribution in [0, 0.1) is 0 Å². The Bertz CT molecular complexity index is 442. The van der Waals surface area contributed by atoms with Gasteiger partial charge in [0.15, 0.2) is 0 Å². The van der Waals surface area contributed by atoms with Gasteiger partial charge in [0.1, 0.15) is 11.5 Å². The number of ether oxygens (including phenoxy) is 2. The van der Waals surface area contributed by atoms with Crippen molar-refractivity contribution < 1.29 is 14.3 Å². The average Bonchev–Trinajstić information content (AvgIpc) is 3.19. The Kier molecular flexibility index (Phi) is 3.87. The molecule has 1 aliphatic carbocycles. The zero-order chi connectivity index (χ0) is 13.0. The molecule has 1 aromatic carbocycles. The van der Waals surface area contributed by atoms with Crippen molar-refractivity contribution >= 4 is 12.0 Å². The molecule has 0 heterocycles. The zero-order valence-electron chi connectivity index (χ0n) is 10.6. The van der Waals surface area contributed by atoms with Crippen LogP contribution in [0.5, 0.6) is 11.5 Å². The van der Waals surface area contributed by atoms with Crippen molar-refractivity contribution in [3.8, 4) is 11.5 Å². The number of hydrogen-bond acceptors (Lipinski definition) is 3. The van der Waals surface area contributed by atoms with Gasteiger partial charge in [0.05, 0.1) is 19.8 Å². The quantitative estimate of drug-likeness (QED) is 0.809. The van der Waals surface area contributed by atoms with Gasteiger partial charge in [-0.3, -0.25) is 4.79 Å². The van der Waals surface area contributed by atoms with Crippen LogP contribution in [0.15, 0.2) is 24.3 Å². The van der Waals surface area contributed by atoms with Crippen LogP contribution in [-0.4, -0.2) is 26.2 Å². The Hall–Kier alpha value is -1.97. The van der Waals surface area contributed by atoms with Gasteiger partial charge in [-0.2, -0.15) is 0 Å². The highest BCUT2D eigenvalue weighted by atomic mass is 16.5. The van der Waals surface area contributed by atoms with Gasteiger partial charge in [0.2, 0.25) is 5.91 Å². The molecule has 1 N–H and O–H groups in total. The van der Waals surface area contributed by atoms with Crippen molar-refractivity contribution in [2.45, 2.75) is 18.9 Å². The molecular formula is C14H17NO3. The van der Waals surface area contributed by atoms with Gasteiger partial charge >= 0.3 is 0 Å². The molecular weight excluding hydrogens is 230 g/mol. The molecule has 1 saturated carbocycles. The van der Waals surface area contributed by atoms with E-state index in [-0.39, 0.29) is 5.91 Å². The van der Waals surface area contributed by atoms with E-state index in [4.69, 9.17) is 9.47 Å². The fraction of sp³-hybridized carbons (Fsp3) is 0.357. The number of carbonyl (C=O) groups excluding carboxylic acids is 1. The van der Waals surface area contributed by atoms with E-state index in [9.17, 15) is 4.79 Å². The molecule has 0 saturated heterocycles. The number of nitrogens with one attached hydrogen (secondary N) is 1. The van der Waals surface area contributed by atoms with Crippen LogP contribution < -0.4 is 14.8 Å². The maximum absolute atomic E-state index is 11.6. The zero-order valence-corrected chi connectivity index (χ0v) is 10.6. The summed E-state index contributed by atoms with van der Waals surface area (Å²) in [7, 11) is 3.19. The van der Waals surface area contributed by atoms with Crippen molar-refractivity contribution in [3.63, 3.8) is 0 Å². The molecule has 4 heteroatoms. The van der Waals surface area contributed by atoms with Crippen LogP contribution in [-0.2, 0) is 4.79 Å². The SMILES string of the molecule is COc1cccc(OC)c1C=CC(=O)NC1CC1. The fourth-order valence-electron chi connectivity index (χ4n) is 1.68. The molecule has 0 aromatic heterocycles. The van der Waals surface area contributed by atoms with Crippen LogP contribution in [0.25, 0.3) is 6.08 Å². The second kappa shape index (κ2) is 5.58. The summed E-state index contributed by atoms with van der Waals surface area (Å²) in [4.78, 5) is 11.6. The smallest absolute Gasteiger partial charge is 0.244 e. The van der Waals surface area contributed by atoms with Crippen molar-refractivity contribution in [1.29, 1.82) is 0 Å². The molecule has 0 bridgehead atoms. The maximum atomic E-state index is 11.6. The molecule has 0 unspecified atom stereocenters. The Morgan fingerprint density at radius 3 is 2.39 bits per heavy atom. The second-order valence-corrected chi connectivity index (χ2v) is 4.19. The molecule has 0 radical (unpaired) electrons. The third-order valence-corrected chi connectivity index (χ3v) is 2.79. The van der Waals surface area contributed by atoms with E-state index >= 15 is 0 Å². The van der Waals surface area contributed by atoms with Gasteiger partial charge in [-0.15, -0.1) is 0 Å². The molecule has 18 heavy (non-hydrogen) atoms. The van der Waals surface area contributed by atoms with Gasteiger partial charge in [-0.1, -0.05) is 6.07 Å². The van der Waals surface area contributed by atoms with E-state index in [2.05, 4.69) is 5.32 Å². The lowest BCUT2D eigenvalue weighted by Gasteiger charge is -2.09. The van der Waals surface area contributed by atoms with E-state index < -0.39 is 0 Å². The van der Waals surface area contributed by atoms with Crippen LogP contribution in [0.4, 0.5) is 0 Å². The van der Waals surface area contributed by atoms with Crippen LogP contribution in [0.3, 0.4) is 0 Å². The minimum atomic E-state index is -0.0783. The lowest BCUT2D eigenvalue weighted by Crippen LogP contribution is -2.22.